The third kappa shape index (κ3) is 2.67. The van der Waals surface area contributed by atoms with Gasteiger partial charge in [0.25, 0.3) is 0 Å². The van der Waals surface area contributed by atoms with Crippen LogP contribution in [0.25, 0.3) is 6.08 Å². The minimum atomic E-state index is -0.533. The largest absolute Gasteiger partial charge is 0.259 e. The molecule has 0 amide bonds. The maximum absolute atomic E-state index is 9.93. The van der Waals surface area contributed by atoms with E-state index in [0.29, 0.717) is 10.7 Å². The van der Waals surface area contributed by atoms with Gasteiger partial charge < -0.3 is 0 Å². The van der Waals surface area contributed by atoms with Crippen LogP contribution in [0, 0.1) is 10.1 Å². The second kappa shape index (κ2) is 3.82. The van der Waals surface area contributed by atoms with E-state index in [1.165, 1.54) is 12.3 Å². The summed E-state index contributed by atoms with van der Waals surface area (Å²) in [4.78, 5) is 13.1. The van der Waals surface area contributed by atoms with Crippen LogP contribution < -0.4 is 0 Å². The Morgan fingerprint density at radius 3 is 3.00 bits per heavy atom. The summed E-state index contributed by atoms with van der Waals surface area (Å²) in [5, 5.41) is 10.2. The number of hydrogen-bond acceptors (Lipinski definition) is 3. The molecule has 0 saturated heterocycles. The Bertz CT molecular complexity index is 325. The molecule has 1 aromatic rings. The number of halogens is 1. The molecule has 1 aromatic heterocycles. The fourth-order valence-electron chi connectivity index (χ4n) is 0.668. The number of hydrogen-bond donors (Lipinski definition) is 0. The molecule has 0 unspecified atom stereocenters. The van der Waals surface area contributed by atoms with Gasteiger partial charge in [0.05, 0.1) is 4.92 Å². The molecule has 12 heavy (non-hydrogen) atoms. The van der Waals surface area contributed by atoms with Crippen molar-refractivity contribution in [2.24, 2.45) is 0 Å². The van der Waals surface area contributed by atoms with Crippen molar-refractivity contribution in [2.45, 2.75) is 0 Å². The minimum Gasteiger partial charge on any atom is -0.259 e. The van der Waals surface area contributed by atoms with Gasteiger partial charge in [0, 0.05) is 12.3 Å². The summed E-state index contributed by atoms with van der Waals surface area (Å²) >= 11 is 5.55. The van der Waals surface area contributed by atoms with E-state index in [-0.39, 0.29) is 0 Å². The van der Waals surface area contributed by atoms with E-state index in [1.807, 2.05) is 0 Å². The number of pyridine rings is 1. The maximum Gasteiger partial charge on any atom is 0.235 e. The van der Waals surface area contributed by atoms with Gasteiger partial charge in [-0.3, -0.25) is 10.1 Å². The number of rotatable bonds is 2. The van der Waals surface area contributed by atoms with Gasteiger partial charge in [0.15, 0.2) is 0 Å². The zero-order valence-electron chi connectivity index (χ0n) is 5.98. The predicted octanol–water partition coefficient (Wildman–Crippen LogP) is 1.98. The highest BCUT2D eigenvalue weighted by Gasteiger charge is 1.91. The van der Waals surface area contributed by atoms with Crippen LogP contribution in [0.5, 0.6) is 0 Å². The molecule has 5 heteroatoms. The Kier molecular flexibility index (Phi) is 2.76. The van der Waals surface area contributed by atoms with E-state index in [2.05, 4.69) is 4.98 Å². The molecule has 0 atom stereocenters. The quantitative estimate of drug-likeness (QED) is 0.401. The zero-order chi connectivity index (χ0) is 8.97. The fourth-order valence-corrected chi connectivity index (χ4v) is 0.850. The van der Waals surface area contributed by atoms with E-state index >= 15 is 0 Å². The topological polar surface area (TPSA) is 56.0 Å². The average Bonchev–Trinajstić information content (AvgIpc) is 2.01. The summed E-state index contributed by atoms with van der Waals surface area (Å²) in [6, 6.07) is 3.17. The third-order valence-corrected chi connectivity index (χ3v) is 1.35. The minimum absolute atomic E-state index is 0.320. The highest BCUT2D eigenvalue weighted by atomic mass is 35.5. The highest BCUT2D eigenvalue weighted by Crippen LogP contribution is 2.08. The van der Waals surface area contributed by atoms with Crippen LogP contribution in [0.4, 0.5) is 0 Å². The monoisotopic (exact) mass is 184 g/mol. The van der Waals surface area contributed by atoms with Crippen molar-refractivity contribution in [3.8, 4) is 0 Å². The average molecular weight is 185 g/mol. The SMILES string of the molecule is O=[N+]([O-])C=Cc1ccnc(Cl)c1. The standard InChI is InChI=1S/C7H5ClN2O2/c8-7-5-6(1-3-9-7)2-4-10(11)12/h1-5H. The second-order valence-electron chi connectivity index (χ2n) is 2.01. The van der Waals surface area contributed by atoms with Crippen molar-refractivity contribution in [3.63, 3.8) is 0 Å². The predicted molar refractivity (Wildman–Crippen MR) is 45.3 cm³/mol. The summed E-state index contributed by atoms with van der Waals surface area (Å²) in [6.45, 7) is 0. The first-order valence-electron chi connectivity index (χ1n) is 3.12. The Morgan fingerprint density at radius 1 is 1.67 bits per heavy atom. The molecule has 0 aliphatic carbocycles. The lowest BCUT2D eigenvalue weighted by molar-refractivity contribution is -0.400. The lowest BCUT2D eigenvalue weighted by Gasteiger charge is -1.90. The van der Waals surface area contributed by atoms with Gasteiger partial charge in [-0.05, 0) is 17.7 Å². The lowest BCUT2D eigenvalue weighted by atomic mass is 10.3. The molecule has 0 fully saturated rings. The van der Waals surface area contributed by atoms with E-state index in [9.17, 15) is 10.1 Å². The Balaban J connectivity index is 2.83. The van der Waals surface area contributed by atoms with Crippen LogP contribution in [0.1, 0.15) is 5.56 Å². The van der Waals surface area contributed by atoms with Gasteiger partial charge in [-0.15, -0.1) is 0 Å². The zero-order valence-corrected chi connectivity index (χ0v) is 6.73. The highest BCUT2D eigenvalue weighted by molar-refractivity contribution is 6.29. The van der Waals surface area contributed by atoms with Crippen molar-refractivity contribution < 1.29 is 4.92 Å². The normalized spacial score (nSPS) is 10.4. The van der Waals surface area contributed by atoms with Crippen LogP contribution in [0.3, 0.4) is 0 Å². The molecule has 0 radical (unpaired) electrons. The molecule has 1 heterocycles. The van der Waals surface area contributed by atoms with Crippen molar-refractivity contribution >= 4 is 17.7 Å². The lowest BCUT2D eigenvalue weighted by Crippen LogP contribution is -1.82. The molecule has 4 nitrogen and oxygen atoms in total. The van der Waals surface area contributed by atoms with E-state index in [0.717, 1.165) is 6.20 Å². The van der Waals surface area contributed by atoms with Crippen LogP contribution >= 0.6 is 11.6 Å². The van der Waals surface area contributed by atoms with Crippen LogP contribution in [-0.2, 0) is 0 Å². The third-order valence-electron chi connectivity index (χ3n) is 1.14. The summed E-state index contributed by atoms with van der Waals surface area (Å²) < 4.78 is 0. The van der Waals surface area contributed by atoms with E-state index in [1.54, 1.807) is 12.1 Å². The molecule has 0 spiro atoms. The Morgan fingerprint density at radius 2 is 2.42 bits per heavy atom. The molecule has 0 saturated carbocycles. The van der Waals surface area contributed by atoms with Gasteiger partial charge in [0.2, 0.25) is 6.20 Å². The summed E-state index contributed by atoms with van der Waals surface area (Å²) in [6.07, 6.45) is 3.70. The second-order valence-corrected chi connectivity index (χ2v) is 2.40. The maximum atomic E-state index is 9.93. The van der Waals surface area contributed by atoms with Crippen LogP contribution in [-0.4, -0.2) is 9.91 Å². The van der Waals surface area contributed by atoms with Gasteiger partial charge in [0.1, 0.15) is 5.15 Å². The van der Waals surface area contributed by atoms with E-state index < -0.39 is 4.92 Å². The first kappa shape index (κ1) is 8.67. The summed E-state index contributed by atoms with van der Waals surface area (Å²) in [5.74, 6) is 0. The van der Waals surface area contributed by atoms with Gasteiger partial charge >= 0.3 is 0 Å². The van der Waals surface area contributed by atoms with Crippen molar-refractivity contribution in [1.82, 2.24) is 4.98 Å². The first-order valence-corrected chi connectivity index (χ1v) is 3.49. The first-order chi connectivity index (χ1) is 5.68. The number of nitro groups is 1. The Labute approximate surface area is 73.6 Å². The van der Waals surface area contributed by atoms with Crippen molar-refractivity contribution in [1.29, 1.82) is 0 Å². The molecule has 1 rings (SSSR count). The summed E-state index contributed by atoms with van der Waals surface area (Å²) in [7, 11) is 0. The van der Waals surface area contributed by atoms with Gasteiger partial charge in [-0.25, -0.2) is 4.98 Å². The molecule has 0 aliphatic rings. The Hall–Kier alpha value is -1.42. The van der Waals surface area contributed by atoms with Crippen molar-refractivity contribution in [3.05, 3.63) is 45.4 Å². The molecule has 62 valence electrons. The molecule has 0 bridgehead atoms. The summed E-state index contributed by atoms with van der Waals surface area (Å²) in [5.41, 5.74) is 0.659. The molecule has 0 aromatic carbocycles. The van der Waals surface area contributed by atoms with E-state index in [4.69, 9.17) is 11.6 Å². The number of nitrogens with zero attached hydrogens (tertiary/aromatic N) is 2. The molecular formula is C7H5ClN2O2. The molecular weight excluding hydrogens is 180 g/mol. The van der Waals surface area contributed by atoms with Gasteiger partial charge in [-0.2, -0.15) is 0 Å². The number of aromatic nitrogens is 1. The van der Waals surface area contributed by atoms with Crippen LogP contribution in [0.15, 0.2) is 24.5 Å². The van der Waals surface area contributed by atoms with Crippen molar-refractivity contribution in [2.75, 3.05) is 0 Å². The van der Waals surface area contributed by atoms with Crippen LogP contribution in [0.2, 0.25) is 5.15 Å². The van der Waals surface area contributed by atoms with Gasteiger partial charge in [-0.1, -0.05) is 11.6 Å². The molecule has 0 N–H and O–H groups in total. The molecule has 0 aliphatic heterocycles. The fraction of sp³-hybridized carbons (Fsp3) is 0. The smallest absolute Gasteiger partial charge is 0.235 e.